The third kappa shape index (κ3) is 2.86. The van der Waals surface area contributed by atoms with Gasteiger partial charge in [-0.1, -0.05) is 24.3 Å². The van der Waals surface area contributed by atoms with E-state index in [0.29, 0.717) is 6.10 Å². The van der Waals surface area contributed by atoms with Crippen LogP contribution < -0.4 is 10.1 Å². The Labute approximate surface area is 97.3 Å². The minimum Gasteiger partial charge on any atom is -0.489 e. The summed E-state index contributed by atoms with van der Waals surface area (Å²) in [5.74, 6) is 1.01. The molecule has 0 saturated carbocycles. The molecule has 1 aromatic rings. The van der Waals surface area contributed by atoms with Crippen molar-refractivity contribution in [3.8, 4) is 5.75 Å². The van der Waals surface area contributed by atoms with Crippen LogP contribution in [0.1, 0.15) is 18.4 Å². The zero-order chi connectivity index (χ0) is 11.2. The van der Waals surface area contributed by atoms with E-state index in [1.165, 1.54) is 12.0 Å². The van der Waals surface area contributed by atoms with Gasteiger partial charge < -0.3 is 10.1 Å². The Kier molecular flexibility index (Phi) is 4.00. The molecule has 1 saturated heterocycles. The number of benzene rings is 1. The molecule has 1 aliphatic heterocycles. The van der Waals surface area contributed by atoms with Gasteiger partial charge in [0.05, 0.1) is 0 Å². The largest absolute Gasteiger partial charge is 0.489 e. The number of para-hydroxylation sites is 1. The van der Waals surface area contributed by atoms with E-state index >= 15 is 0 Å². The summed E-state index contributed by atoms with van der Waals surface area (Å²) in [6.45, 7) is 5.86. The lowest BCUT2D eigenvalue weighted by atomic mass is 10.1. The zero-order valence-electron chi connectivity index (χ0n) is 9.61. The first-order valence-corrected chi connectivity index (χ1v) is 5.96. The molecule has 2 rings (SSSR count). The van der Waals surface area contributed by atoms with Crippen LogP contribution in [-0.4, -0.2) is 19.2 Å². The summed E-state index contributed by atoms with van der Waals surface area (Å²) in [5, 5.41) is 3.36. The van der Waals surface area contributed by atoms with Gasteiger partial charge in [0.25, 0.3) is 0 Å². The van der Waals surface area contributed by atoms with E-state index in [1.807, 2.05) is 24.3 Å². The predicted octanol–water partition coefficient (Wildman–Crippen LogP) is 2.55. The van der Waals surface area contributed by atoms with E-state index in [2.05, 4.69) is 18.0 Å². The molecule has 2 heteroatoms. The summed E-state index contributed by atoms with van der Waals surface area (Å²) in [7, 11) is 0. The van der Waals surface area contributed by atoms with Gasteiger partial charge in [0.1, 0.15) is 11.9 Å². The highest BCUT2D eigenvalue weighted by Gasteiger charge is 2.15. The van der Waals surface area contributed by atoms with Crippen molar-refractivity contribution >= 4 is 0 Å². The van der Waals surface area contributed by atoms with Crippen molar-refractivity contribution in [2.45, 2.75) is 25.4 Å². The fourth-order valence-electron chi connectivity index (χ4n) is 2.04. The molecule has 1 atom stereocenters. The molecule has 0 aromatic heterocycles. The molecular weight excluding hydrogens is 198 g/mol. The van der Waals surface area contributed by atoms with Crippen LogP contribution in [0.5, 0.6) is 5.75 Å². The van der Waals surface area contributed by atoms with Crippen LogP contribution in [0.2, 0.25) is 0 Å². The quantitative estimate of drug-likeness (QED) is 0.783. The Morgan fingerprint density at radius 3 is 3.06 bits per heavy atom. The van der Waals surface area contributed by atoms with Gasteiger partial charge in [0.2, 0.25) is 0 Å². The van der Waals surface area contributed by atoms with E-state index in [9.17, 15) is 0 Å². The van der Waals surface area contributed by atoms with Gasteiger partial charge >= 0.3 is 0 Å². The van der Waals surface area contributed by atoms with Crippen molar-refractivity contribution in [2.24, 2.45) is 0 Å². The summed E-state index contributed by atoms with van der Waals surface area (Å²) in [5.41, 5.74) is 1.23. The second-order valence-electron chi connectivity index (χ2n) is 4.19. The van der Waals surface area contributed by atoms with Crippen molar-refractivity contribution in [3.05, 3.63) is 42.5 Å². The van der Waals surface area contributed by atoms with E-state index < -0.39 is 0 Å². The molecule has 86 valence electrons. The highest BCUT2D eigenvalue weighted by Crippen LogP contribution is 2.21. The van der Waals surface area contributed by atoms with E-state index in [-0.39, 0.29) is 0 Å². The van der Waals surface area contributed by atoms with Gasteiger partial charge in [-0.25, -0.2) is 0 Å². The summed E-state index contributed by atoms with van der Waals surface area (Å²) in [6, 6.07) is 8.23. The van der Waals surface area contributed by atoms with Gasteiger partial charge in [-0.15, -0.1) is 6.58 Å². The topological polar surface area (TPSA) is 21.3 Å². The maximum atomic E-state index is 6.03. The van der Waals surface area contributed by atoms with Gasteiger partial charge in [-0.2, -0.15) is 0 Å². The zero-order valence-corrected chi connectivity index (χ0v) is 9.61. The minimum absolute atomic E-state index is 0.319. The molecule has 2 nitrogen and oxygen atoms in total. The smallest absolute Gasteiger partial charge is 0.123 e. The minimum atomic E-state index is 0.319. The third-order valence-corrected chi connectivity index (χ3v) is 2.88. The Morgan fingerprint density at radius 1 is 1.44 bits per heavy atom. The van der Waals surface area contributed by atoms with Crippen molar-refractivity contribution in [1.29, 1.82) is 0 Å². The molecule has 1 aliphatic rings. The van der Waals surface area contributed by atoms with Crippen LogP contribution >= 0.6 is 0 Å². The standard InChI is InChI=1S/C14H19NO/c1-2-6-12-7-3-4-9-14(12)16-13-8-5-10-15-11-13/h2-4,7,9,13,15H,1,5-6,8,10-11H2/t13-/m0/s1. The molecule has 16 heavy (non-hydrogen) atoms. The molecule has 0 amide bonds. The maximum Gasteiger partial charge on any atom is 0.123 e. The number of hydrogen-bond acceptors (Lipinski definition) is 2. The Balaban J connectivity index is 2.04. The van der Waals surface area contributed by atoms with E-state index in [1.54, 1.807) is 0 Å². The highest BCUT2D eigenvalue weighted by atomic mass is 16.5. The fourth-order valence-corrected chi connectivity index (χ4v) is 2.04. The monoisotopic (exact) mass is 217 g/mol. The first kappa shape index (κ1) is 11.2. The third-order valence-electron chi connectivity index (χ3n) is 2.88. The summed E-state index contributed by atoms with van der Waals surface area (Å²) in [6.07, 6.45) is 5.46. The van der Waals surface area contributed by atoms with Crippen LogP contribution in [0, 0.1) is 0 Å². The summed E-state index contributed by atoms with van der Waals surface area (Å²) in [4.78, 5) is 0. The molecule has 0 aliphatic carbocycles. The van der Waals surface area contributed by atoms with Gasteiger partial charge in [-0.3, -0.25) is 0 Å². The van der Waals surface area contributed by atoms with Gasteiger partial charge in [0.15, 0.2) is 0 Å². The van der Waals surface area contributed by atoms with Crippen LogP contribution in [0.25, 0.3) is 0 Å². The molecule has 1 heterocycles. The summed E-state index contributed by atoms with van der Waals surface area (Å²) < 4.78 is 6.03. The number of nitrogens with one attached hydrogen (secondary N) is 1. The molecule has 0 unspecified atom stereocenters. The highest BCUT2D eigenvalue weighted by molar-refractivity contribution is 5.34. The average Bonchev–Trinajstić information content (AvgIpc) is 2.33. The van der Waals surface area contributed by atoms with Crippen LogP contribution in [-0.2, 0) is 6.42 Å². The lowest BCUT2D eigenvalue weighted by Crippen LogP contribution is -2.37. The molecule has 0 radical (unpaired) electrons. The van der Waals surface area contributed by atoms with Crippen molar-refractivity contribution in [3.63, 3.8) is 0 Å². The number of hydrogen-bond donors (Lipinski definition) is 1. The van der Waals surface area contributed by atoms with Gasteiger partial charge in [0, 0.05) is 6.54 Å². The maximum absolute atomic E-state index is 6.03. The second-order valence-corrected chi connectivity index (χ2v) is 4.19. The number of allylic oxidation sites excluding steroid dienone is 1. The number of piperidine rings is 1. The predicted molar refractivity (Wildman–Crippen MR) is 66.9 cm³/mol. The van der Waals surface area contributed by atoms with Crippen molar-refractivity contribution in [1.82, 2.24) is 5.32 Å². The molecule has 1 fully saturated rings. The molecule has 1 N–H and O–H groups in total. The second kappa shape index (κ2) is 5.71. The molecule has 0 bridgehead atoms. The van der Waals surface area contributed by atoms with Crippen LogP contribution in [0.4, 0.5) is 0 Å². The number of ether oxygens (including phenoxy) is 1. The Bertz CT molecular complexity index is 342. The first-order chi connectivity index (χ1) is 7.90. The normalized spacial score (nSPS) is 20.4. The van der Waals surface area contributed by atoms with Crippen molar-refractivity contribution < 1.29 is 4.74 Å². The summed E-state index contributed by atoms with van der Waals surface area (Å²) >= 11 is 0. The molecule has 1 aromatic carbocycles. The number of rotatable bonds is 4. The van der Waals surface area contributed by atoms with Crippen molar-refractivity contribution in [2.75, 3.05) is 13.1 Å². The van der Waals surface area contributed by atoms with E-state index in [4.69, 9.17) is 4.74 Å². The SMILES string of the molecule is C=CCc1ccccc1O[C@H]1CCCNC1. The average molecular weight is 217 g/mol. The Morgan fingerprint density at radius 2 is 2.31 bits per heavy atom. The molecular formula is C14H19NO. The lowest BCUT2D eigenvalue weighted by molar-refractivity contribution is 0.166. The Hall–Kier alpha value is -1.28. The fraction of sp³-hybridized carbons (Fsp3) is 0.429. The van der Waals surface area contributed by atoms with Crippen LogP contribution in [0.15, 0.2) is 36.9 Å². The van der Waals surface area contributed by atoms with Gasteiger partial charge in [-0.05, 0) is 37.4 Å². The first-order valence-electron chi connectivity index (χ1n) is 5.96. The lowest BCUT2D eigenvalue weighted by Gasteiger charge is -2.25. The van der Waals surface area contributed by atoms with E-state index in [0.717, 1.165) is 31.7 Å². The van der Waals surface area contributed by atoms with Crippen LogP contribution in [0.3, 0.4) is 0 Å². The molecule has 0 spiro atoms.